The van der Waals surface area contributed by atoms with Gasteiger partial charge in [-0.3, -0.25) is 14.9 Å². The van der Waals surface area contributed by atoms with Gasteiger partial charge in [-0.1, -0.05) is 41.4 Å². The maximum Gasteiger partial charge on any atom is 0.288 e. The molecule has 2 aromatic rings. The number of carbonyl (C=O) groups excluding carboxylic acids is 1. The highest BCUT2D eigenvalue weighted by atomic mass is 35.5. The number of carbonyl (C=O) groups is 1. The van der Waals surface area contributed by atoms with Gasteiger partial charge in [-0.25, -0.2) is 0 Å². The second-order valence-electron chi connectivity index (χ2n) is 4.28. The van der Waals surface area contributed by atoms with Crippen LogP contribution < -0.4 is 5.32 Å². The quantitative estimate of drug-likeness (QED) is 0.669. The number of amides is 1. The summed E-state index contributed by atoms with van der Waals surface area (Å²) in [5.41, 5.74) is 0.925. The first-order valence-corrected chi connectivity index (χ1v) is 6.66. The summed E-state index contributed by atoms with van der Waals surface area (Å²) in [6.45, 7) is 1.79. The number of rotatable bonds is 3. The number of para-hydroxylation sites is 1. The lowest BCUT2D eigenvalue weighted by molar-refractivity contribution is -0.384. The zero-order valence-electron chi connectivity index (χ0n) is 10.9. The molecule has 5 nitrogen and oxygen atoms in total. The Hall–Kier alpha value is -2.11. The molecular formula is C14H10Cl2N2O3. The first-order chi connectivity index (χ1) is 9.91. The summed E-state index contributed by atoms with van der Waals surface area (Å²) >= 11 is 11.9. The fourth-order valence-electron chi connectivity index (χ4n) is 1.81. The number of hydrogen-bond acceptors (Lipinski definition) is 3. The van der Waals surface area contributed by atoms with Gasteiger partial charge in [0.05, 0.1) is 21.2 Å². The van der Waals surface area contributed by atoms with Crippen LogP contribution in [0, 0.1) is 17.0 Å². The molecule has 0 saturated carbocycles. The molecule has 0 bridgehead atoms. The lowest BCUT2D eigenvalue weighted by atomic mass is 10.1. The van der Waals surface area contributed by atoms with E-state index >= 15 is 0 Å². The van der Waals surface area contributed by atoms with Crippen molar-refractivity contribution in [3.8, 4) is 0 Å². The predicted molar refractivity (Wildman–Crippen MR) is 82.2 cm³/mol. The van der Waals surface area contributed by atoms with Gasteiger partial charge in [0.1, 0.15) is 5.02 Å². The van der Waals surface area contributed by atoms with Gasteiger partial charge in [-0.15, -0.1) is 0 Å². The zero-order valence-corrected chi connectivity index (χ0v) is 12.4. The molecule has 108 valence electrons. The van der Waals surface area contributed by atoms with Crippen LogP contribution >= 0.6 is 23.2 Å². The first-order valence-electron chi connectivity index (χ1n) is 5.91. The molecule has 0 atom stereocenters. The number of nitro groups is 1. The Morgan fingerprint density at radius 3 is 2.48 bits per heavy atom. The predicted octanol–water partition coefficient (Wildman–Crippen LogP) is 4.46. The van der Waals surface area contributed by atoms with Crippen molar-refractivity contribution in [1.29, 1.82) is 0 Å². The minimum Gasteiger partial charge on any atom is -0.320 e. The van der Waals surface area contributed by atoms with Crippen LogP contribution in [0.2, 0.25) is 10.0 Å². The third-order valence-corrected chi connectivity index (χ3v) is 3.59. The first kappa shape index (κ1) is 15.3. The molecule has 0 aliphatic carbocycles. The molecule has 1 amide bonds. The molecule has 0 fully saturated rings. The number of nitrogens with zero attached hydrogens (tertiary/aromatic N) is 1. The molecule has 1 N–H and O–H groups in total. The number of hydrogen-bond donors (Lipinski definition) is 1. The molecule has 0 spiro atoms. The van der Waals surface area contributed by atoms with Crippen LogP contribution in [0.3, 0.4) is 0 Å². The highest BCUT2D eigenvalue weighted by molar-refractivity contribution is 6.37. The monoisotopic (exact) mass is 324 g/mol. The second kappa shape index (κ2) is 6.11. The van der Waals surface area contributed by atoms with Crippen molar-refractivity contribution in [1.82, 2.24) is 0 Å². The largest absolute Gasteiger partial charge is 0.320 e. The molecular weight excluding hydrogens is 315 g/mol. The second-order valence-corrected chi connectivity index (χ2v) is 5.07. The van der Waals surface area contributed by atoms with E-state index in [9.17, 15) is 14.9 Å². The summed E-state index contributed by atoms with van der Waals surface area (Å²) in [5, 5.41) is 13.6. The number of nitrogens with one attached hydrogen (secondary N) is 1. The Morgan fingerprint density at radius 1 is 1.19 bits per heavy atom. The fraction of sp³-hybridized carbons (Fsp3) is 0.0714. The molecule has 7 heteroatoms. The maximum absolute atomic E-state index is 12.2. The number of benzene rings is 2. The van der Waals surface area contributed by atoms with Crippen LogP contribution in [-0.4, -0.2) is 10.8 Å². The third-order valence-electron chi connectivity index (χ3n) is 2.88. The summed E-state index contributed by atoms with van der Waals surface area (Å²) in [6.07, 6.45) is 0. The third kappa shape index (κ3) is 3.15. The average Bonchev–Trinajstić information content (AvgIpc) is 2.42. The van der Waals surface area contributed by atoms with E-state index in [1.807, 2.05) is 0 Å². The fourth-order valence-corrected chi connectivity index (χ4v) is 2.36. The standard InChI is InChI=1S/C14H10Cl2N2O3/c1-8-4-2-6-10(15)13(8)17-14(19)9-5-3-7-11(12(9)16)18(20)21/h2-7H,1H3,(H,17,19). The SMILES string of the molecule is Cc1cccc(Cl)c1NC(=O)c1cccc([N+](=O)[O-])c1Cl. The van der Waals surface area contributed by atoms with Crippen molar-refractivity contribution in [2.24, 2.45) is 0 Å². The Labute approximate surface area is 130 Å². The topological polar surface area (TPSA) is 72.2 Å². The average molecular weight is 325 g/mol. The van der Waals surface area contributed by atoms with Gasteiger partial charge in [-0.05, 0) is 24.6 Å². The molecule has 0 aliphatic heterocycles. The van der Waals surface area contributed by atoms with E-state index in [1.54, 1.807) is 25.1 Å². The van der Waals surface area contributed by atoms with E-state index in [-0.39, 0.29) is 16.3 Å². The van der Waals surface area contributed by atoms with Gasteiger partial charge < -0.3 is 5.32 Å². The van der Waals surface area contributed by atoms with E-state index in [2.05, 4.69) is 5.32 Å². The highest BCUT2D eigenvalue weighted by Crippen LogP contribution is 2.30. The minimum absolute atomic E-state index is 0.0187. The number of anilines is 1. The number of halogens is 2. The summed E-state index contributed by atoms with van der Waals surface area (Å²) in [5.74, 6) is -0.556. The molecule has 21 heavy (non-hydrogen) atoms. The Bertz CT molecular complexity index is 712. The summed E-state index contributed by atoms with van der Waals surface area (Å²) in [6, 6.07) is 9.23. The van der Waals surface area contributed by atoms with E-state index in [0.29, 0.717) is 10.7 Å². The van der Waals surface area contributed by atoms with E-state index < -0.39 is 10.8 Å². The van der Waals surface area contributed by atoms with Crippen LogP contribution in [-0.2, 0) is 0 Å². The van der Waals surface area contributed by atoms with Gasteiger partial charge in [0, 0.05) is 6.07 Å². The Kier molecular flexibility index (Phi) is 4.45. The van der Waals surface area contributed by atoms with E-state index in [1.165, 1.54) is 18.2 Å². The van der Waals surface area contributed by atoms with Crippen molar-refractivity contribution in [3.63, 3.8) is 0 Å². The van der Waals surface area contributed by atoms with Gasteiger partial charge >= 0.3 is 0 Å². The summed E-state index contributed by atoms with van der Waals surface area (Å²) in [4.78, 5) is 22.4. The van der Waals surface area contributed by atoms with E-state index in [0.717, 1.165) is 5.56 Å². The minimum atomic E-state index is -0.639. The molecule has 2 aromatic carbocycles. The van der Waals surface area contributed by atoms with Gasteiger partial charge in [0.2, 0.25) is 0 Å². The van der Waals surface area contributed by atoms with Gasteiger partial charge in [0.15, 0.2) is 0 Å². The Balaban J connectivity index is 2.38. The molecule has 0 radical (unpaired) electrons. The van der Waals surface area contributed by atoms with Crippen LogP contribution in [0.15, 0.2) is 36.4 Å². The molecule has 0 heterocycles. The number of aryl methyl sites for hydroxylation is 1. The normalized spacial score (nSPS) is 10.2. The van der Waals surface area contributed by atoms with Crippen molar-refractivity contribution in [2.75, 3.05) is 5.32 Å². The van der Waals surface area contributed by atoms with Crippen molar-refractivity contribution < 1.29 is 9.72 Å². The Morgan fingerprint density at radius 2 is 1.86 bits per heavy atom. The lowest BCUT2D eigenvalue weighted by Crippen LogP contribution is -2.14. The highest BCUT2D eigenvalue weighted by Gasteiger charge is 2.20. The molecule has 0 aromatic heterocycles. The molecule has 0 unspecified atom stereocenters. The molecule has 2 rings (SSSR count). The summed E-state index contributed by atoms with van der Waals surface area (Å²) < 4.78 is 0. The van der Waals surface area contributed by atoms with Crippen molar-refractivity contribution >= 4 is 40.5 Å². The van der Waals surface area contributed by atoms with Crippen LogP contribution in [0.25, 0.3) is 0 Å². The molecule has 0 saturated heterocycles. The van der Waals surface area contributed by atoms with E-state index in [4.69, 9.17) is 23.2 Å². The van der Waals surface area contributed by atoms with Crippen LogP contribution in [0.5, 0.6) is 0 Å². The maximum atomic E-state index is 12.2. The van der Waals surface area contributed by atoms with Gasteiger partial charge in [-0.2, -0.15) is 0 Å². The number of nitro benzene ring substituents is 1. The summed E-state index contributed by atoms with van der Waals surface area (Å²) in [7, 11) is 0. The van der Waals surface area contributed by atoms with Gasteiger partial charge in [0.25, 0.3) is 11.6 Å². The van der Waals surface area contributed by atoms with Crippen LogP contribution in [0.1, 0.15) is 15.9 Å². The molecule has 0 aliphatic rings. The lowest BCUT2D eigenvalue weighted by Gasteiger charge is -2.11. The van der Waals surface area contributed by atoms with Crippen molar-refractivity contribution in [2.45, 2.75) is 6.92 Å². The van der Waals surface area contributed by atoms with Crippen molar-refractivity contribution in [3.05, 3.63) is 67.7 Å². The van der Waals surface area contributed by atoms with Crippen LogP contribution in [0.4, 0.5) is 11.4 Å². The zero-order chi connectivity index (χ0) is 15.6. The smallest absolute Gasteiger partial charge is 0.288 e.